The molecule has 164 valence electrons. The number of aliphatic carboxylic acids is 1. The van der Waals surface area contributed by atoms with E-state index in [9.17, 15) is 4.79 Å². The fourth-order valence-corrected chi connectivity index (χ4v) is 4.09. The molecule has 0 unspecified atom stereocenters. The Morgan fingerprint density at radius 1 is 1.00 bits per heavy atom. The first-order chi connectivity index (χ1) is 15.7. The van der Waals surface area contributed by atoms with Crippen LogP contribution in [0, 0.1) is 0 Å². The van der Waals surface area contributed by atoms with E-state index in [2.05, 4.69) is 45.8 Å². The van der Waals surface area contributed by atoms with Gasteiger partial charge in [0.2, 0.25) is 5.71 Å². The van der Waals surface area contributed by atoms with E-state index in [1.165, 1.54) is 11.2 Å². The van der Waals surface area contributed by atoms with E-state index in [1.807, 2.05) is 30.3 Å². The second-order valence-electron chi connectivity index (χ2n) is 7.43. The number of rotatable bonds is 10. The Morgan fingerprint density at radius 2 is 1.78 bits per heavy atom. The van der Waals surface area contributed by atoms with Crippen LogP contribution in [0.25, 0.3) is 33.6 Å². The molecule has 0 saturated heterocycles. The minimum atomic E-state index is -0.751. The van der Waals surface area contributed by atoms with Crippen LogP contribution in [-0.4, -0.2) is 33.8 Å². The number of furan rings is 1. The molecule has 0 aliphatic heterocycles. The average Bonchev–Trinajstić information content (AvgIpc) is 3.22. The summed E-state index contributed by atoms with van der Waals surface area (Å²) < 4.78 is 6.25. The van der Waals surface area contributed by atoms with E-state index in [0.29, 0.717) is 18.7 Å². The fourth-order valence-electron chi connectivity index (χ4n) is 3.68. The van der Waals surface area contributed by atoms with Crippen molar-refractivity contribution >= 4 is 34.6 Å². The third-order valence-corrected chi connectivity index (χ3v) is 6.01. The smallest absolute Gasteiger partial charge is 0.303 e. The number of carboxylic acid groups (broad SMARTS) is 1. The van der Waals surface area contributed by atoms with E-state index in [0.717, 1.165) is 46.5 Å². The first-order valence-electron chi connectivity index (χ1n) is 10.6. The number of nitrogens with one attached hydrogen (secondary N) is 1. The molecule has 0 saturated carbocycles. The molecule has 0 radical (unpaired) electrons. The molecule has 0 fully saturated rings. The summed E-state index contributed by atoms with van der Waals surface area (Å²) in [4.78, 5) is 20.8. The van der Waals surface area contributed by atoms with E-state index >= 15 is 0 Å². The van der Waals surface area contributed by atoms with Crippen molar-refractivity contribution in [2.45, 2.75) is 30.6 Å². The second-order valence-corrected chi connectivity index (χ2v) is 8.31. The summed E-state index contributed by atoms with van der Waals surface area (Å²) >= 11 is 1.70. The summed E-state index contributed by atoms with van der Waals surface area (Å²) in [6.07, 6.45) is 6.15. The number of hydrogen-bond donors (Lipinski definition) is 2. The Bertz CT molecular complexity index is 1190. The number of hydrogen-bond acceptors (Lipinski definition) is 6. The van der Waals surface area contributed by atoms with Crippen LogP contribution in [0.1, 0.15) is 25.7 Å². The van der Waals surface area contributed by atoms with E-state index in [1.54, 1.807) is 11.8 Å². The summed E-state index contributed by atoms with van der Waals surface area (Å²) in [6.45, 7) is 0.697. The van der Waals surface area contributed by atoms with Crippen molar-refractivity contribution in [2.75, 3.05) is 18.1 Å². The number of anilines is 1. The zero-order chi connectivity index (χ0) is 22.3. The van der Waals surface area contributed by atoms with Crippen molar-refractivity contribution in [1.82, 2.24) is 9.97 Å². The fraction of sp³-hybridized carbons (Fsp3) is 0.240. The summed E-state index contributed by atoms with van der Waals surface area (Å²) in [5.74, 6) is 0.741. The van der Waals surface area contributed by atoms with Crippen molar-refractivity contribution < 1.29 is 14.3 Å². The lowest BCUT2D eigenvalue weighted by Gasteiger charge is -2.09. The van der Waals surface area contributed by atoms with Gasteiger partial charge in [0.25, 0.3) is 0 Å². The largest absolute Gasteiger partial charge is 0.481 e. The molecule has 4 rings (SSSR count). The zero-order valence-corrected chi connectivity index (χ0v) is 18.7. The molecule has 2 heterocycles. The van der Waals surface area contributed by atoms with Gasteiger partial charge in [0.15, 0.2) is 0 Å². The van der Waals surface area contributed by atoms with E-state index < -0.39 is 5.97 Å². The van der Waals surface area contributed by atoms with Gasteiger partial charge in [-0.15, -0.1) is 11.8 Å². The van der Waals surface area contributed by atoms with Crippen molar-refractivity contribution in [2.24, 2.45) is 0 Å². The van der Waals surface area contributed by atoms with E-state index in [-0.39, 0.29) is 6.42 Å². The second kappa shape index (κ2) is 10.3. The van der Waals surface area contributed by atoms with Gasteiger partial charge in [-0.2, -0.15) is 0 Å². The quantitative estimate of drug-likeness (QED) is 0.217. The van der Waals surface area contributed by atoms with Gasteiger partial charge in [-0.25, -0.2) is 9.97 Å². The Morgan fingerprint density at radius 3 is 2.50 bits per heavy atom. The van der Waals surface area contributed by atoms with Gasteiger partial charge in [0, 0.05) is 29.0 Å². The van der Waals surface area contributed by atoms with Gasteiger partial charge in [-0.1, -0.05) is 48.9 Å². The van der Waals surface area contributed by atoms with Gasteiger partial charge in [0.1, 0.15) is 17.9 Å². The summed E-state index contributed by atoms with van der Waals surface area (Å²) in [7, 11) is 0. The number of aromatic nitrogens is 2. The first kappa shape index (κ1) is 21.9. The molecule has 0 amide bonds. The Kier molecular flexibility index (Phi) is 7.07. The molecule has 0 aliphatic carbocycles. The molecule has 0 atom stereocenters. The maximum atomic E-state index is 10.7. The van der Waals surface area contributed by atoms with Gasteiger partial charge >= 0.3 is 5.97 Å². The van der Waals surface area contributed by atoms with Crippen LogP contribution in [0.5, 0.6) is 0 Å². The highest BCUT2D eigenvalue weighted by Gasteiger charge is 2.22. The van der Waals surface area contributed by atoms with Gasteiger partial charge in [-0.05, 0) is 36.8 Å². The Hall–Kier alpha value is -3.32. The highest BCUT2D eigenvalue weighted by molar-refractivity contribution is 7.98. The summed E-state index contributed by atoms with van der Waals surface area (Å²) in [5.41, 5.74) is 3.53. The van der Waals surface area contributed by atoms with Crippen LogP contribution in [0.3, 0.4) is 0 Å². The normalized spacial score (nSPS) is 11.0. The number of benzene rings is 2. The lowest BCUT2D eigenvalue weighted by Crippen LogP contribution is -2.04. The number of nitrogens with zero attached hydrogens (tertiary/aromatic N) is 2. The monoisotopic (exact) mass is 447 g/mol. The maximum absolute atomic E-state index is 10.7. The van der Waals surface area contributed by atoms with Crippen molar-refractivity contribution in [3.8, 4) is 22.5 Å². The first-order valence-corrected chi connectivity index (χ1v) is 11.8. The summed E-state index contributed by atoms with van der Waals surface area (Å²) in [6, 6.07) is 18.4. The molecule has 0 bridgehead atoms. The van der Waals surface area contributed by atoms with Crippen LogP contribution < -0.4 is 5.32 Å². The highest BCUT2D eigenvalue weighted by atomic mass is 32.2. The van der Waals surface area contributed by atoms with Crippen molar-refractivity contribution in [3.63, 3.8) is 0 Å². The predicted molar refractivity (Wildman–Crippen MR) is 129 cm³/mol. The Balaban J connectivity index is 1.71. The molecule has 0 aliphatic rings. The van der Waals surface area contributed by atoms with Crippen LogP contribution in [0.15, 0.2) is 70.2 Å². The standard InChI is InChI=1S/C25H25N3O3S/c1-32-19-13-11-17(12-14-19)21-22-24(26-15-7-3-6-10-20(29)30)27-16-28-25(22)31-23(21)18-8-4-2-5-9-18/h2,4-5,8-9,11-14,16H,3,6-7,10,15H2,1H3,(H,29,30)(H,26,27,28). The molecule has 32 heavy (non-hydrogen) atoms. The molecule has 0 spiro atoms. The van der Waals surface area contributed by atoms with Gasteiger partial charge < -0.3 is 14.8 Å². The van der Waals surface area contributed by atoms with E-state index in [4.69, 9.17) is 9.52 Å². The minimum absolute atomic E-state index is 0.204. The SMILES string of the molecule is CSc1ccc(-c2c(-c3ccccc3)oc3ncnc(NCCCCCC(=O)O)c23)cc1. The van der Waals surface area contributed by atoms with Crippen LogP contribution in [0.4, 0.5) is 5.82 Å². The zero-order valence-electron chi connectivity index (χ0n) is 17.9. The molecular weight excluding hydrogens is 422 g/mol. The number of unbranched alkanes of at least 4 members (excludes halogenated alkanes) is 2. The summed E-state index contributed by atoms with van der Waals surface area (Å²) in [5, 5.41) is 13.1. The lowest BCUT2D eigenvalue weighted by atomic mass is 9.99. The molecule has 2 aromatic carbocycles. The molecule has 2 N–H and O–H groups in total. The molecule has 7 heteroatoms. The lowest BCUT2D eigenvalue weighted by molar-refractivity contribution is -0.137. The third kappa shape index (κ3) is 4.94. The molecule has 4 aromatic rings. The van der Waals surface area contributed by atoms with Gasteiger partial charge in [0.05, 0.1) is 5.39 Å². The third-order valence-electron chi connectivity index (χ3n) is 5.26. The predicted octanol–water partition coefficient (Wildman–Crippen LogP) is 6.34. The maximum Gasteiger partial charge on any atom is 0.303 e. The van der Waals surface area contributed by atoms with Crippen LogP contribution in [0.2, 0.25) is 0 Å². The van der Waals surface area contributed by atoms with Crippen LogP contribution in [-0.2, 0) is 4.79 Å². The highest BCUT2D eigenvalue weighted by Crippen LogP contribution is 2.42. The molecule has 2 aromatic heterocycles. The van der Waals surface area contributed by atoms with Crippen molar-refractivity contribution in [1.29, 1.82) is 0 Å². The average molecular weight is 448 g/mol. The number of fused-ring (bicyclic) bond motifs is 1. The molecular formula is C25H25N3O3S. The minimum Gasteiger partial charge on any atom is -0.481 e. The number of carboxylic acids is 1. The van der Waals surface area contributed by atoms with Crippen molar-refractivity contribution in [3.05, 3.63) is 60.9 Å². The Labute approximate surface area is 191 Å². The number of carbonyl (C=O) groups is 1. The topological polar surface area (TPSA) is 88.3 Å². The molecule has 6 nitrogen and oxygen atoms in total. The van der Waals surface area contributed by atoms with Crippen LogP contribution >= 0.6 is 11.8 Å². The van der Waals surface area contributed by atoms with Gasteiger partial charge in [-0.3, -0.25) is 4.79 Å². The number of thioether (sulfide) groups is 1.